The van der Waals surface area contributed by atoms with E-state index in [-0.39, 0.29) is 5.91 Å². The molecule has 0 atom stereocenters. The highest BCUT2D eigenvalue weighted by Gasteiger charge is 2.06. The zero-order chi connectivity index (χ0) is 18.4. The maximum Gasteiger partial charge on any atom is 0.256 e. The first-order valence-corrected chi connectivity index (χ1v) is 8.35. The van der Waals surface area contributed by atoms with Crippen LogP contribution in [0.2, 0.25) is 0 Å². The van der Waals surface area contributed by atoms with Crippen molar-refractivity contribution in [2.24, 2.45) is 0 Å². The van der Waals surface area contributed by atoms with Crippen molar-refractivity contribution in [3.63, 3.8) is 0 Å². The van der Waals surface area contributed by atoms with Gasteiger partial charge in [-0.2, -0.15) is 0 Å². The number of ether oxygens (including phenoxy) is 1. The van der Waals surface area contributed by atoms with Crippen LogP contribution < -0.4 is 15.4 Å². The van der Waals surface area contributed by atoms with Gasteiger partial charge in [-0.1, -0.05) is 29.8 Å². The first kappa shape index (κ1) is 17.5. The van der Waals surface area contributed by atoms with Crippen LogP contribution in [0.1, 0.15) is 21.5 Å². The SMILES string of the molecule is COc1ccc(CNc2ccc(NC(=O)c3cccc(C)c3)nc2)cc1. The van der Waals surface area contributed by atoms with E-state index in [0.29, 0.717) is 17.9 Å². The molecular formula is C21H21N3O2. The fourth-order valence-electron chi connectivity index (χ4n) is 2.49. The van der Waals surface area contributed by atoms with Crippen LogP contribution >= 0.6 is 0 Å². The predicted molar refractivity (Wildman–Crippen MR) is 104 cm³/mol. The zero-order valence-electron chi connectivity index (χ0n) is 14.8. The molecule has 0 fully saturated rings. The Balaban J connectivity index is 1.56. The number of amides is 1. The third-order valence-electron chi connectivity index (χ3n) is 3.94. The van der Waals surface area contributed by atoms with Crippen LogP contribution in [-0.4, -0.2) is 18.0 Å². The monoisotopic (exact) mass is 347 g/mol. The molecule has 0 saturated heterocycles. The maximum atomic E-state index is 12.2. The lowest BCUT2D eigenvalue weighted by Crippen LogP contribution is -2.13. The van der Waals surface area contributed by atoms with Gasteiger partial charge in [-0.3, -0.25) is 4.79 Å². The minimum atomic E-state index is -0.167. The van der Waals surface area contributed by atoms with Crippen molar-refractivity contribution in [2.45, 2.75) is 13.5 Å². The van der Waals surface area contributed by atoms with Gasteiger partial charge in [-0.15, -0.1) is 0 Å². The number of carbonyl (C=O) groups is 1. The number of nitrogens with zero attached hydrogens (tertiary/aromatic N) is 1. The number of aryl methyl sites for hydroxylation is 1. The number of rotatable bonds is 6. The quantitative estimate of drug-likeness (QED) is 0.699. The van der Waals surface area contributed by atoms with Crippen molar-refractivity contribution < 1.29 is 9.53 Å². The molecule has 0 aliphatic carbocycles. The lowest BCUT2D eigenvalue weighted by Gasteiger charge is -2.09. The largest absolute Gasteiger partial charge is 0.497 e. The number of benzene rings is 2. The Morgan fingerprint density at radius 2 is 1.88 bits per heavy atom. The molecule has 0 aliphatic rings. The van der Waals surface area contributed by atoms with Crippen LogP contribution in [0.25, 0.3) is 0 Å². The van der Waals surface area contributed by atoms with Crippen LogP contribution in [0, 0.1) is 6.92 Å². The van der Waals surface area contributed by atoms with Crippen LogP contribution in [0.5, 0.6) is 5.75 Å². The second kappa shape index (κ2) is 8.16. The fourth-order valence-corrected chi connectivity index (χ4v) is 2.49. The van der Waals surface area contributed by atoms with E-state index < -0.39 is 0 Å². The van der Waals surface area contributed by atoms with Gasteiger partial charge in [0, 0.05) is 12.1 Å². The van der Waals surface area contributed by atoms with E-state index in [0.717, 1.165) is 22.6 Å². The Hall–Kier alpha value is -3.34. The highest BCUT2D eigenvalue weighted by Crippen LogP contribution is 2.15. The Kier molecular flexibility index (Phi) is 5.49. The summed E-state index contributed by atoms with van der Waals surface area (Å²) in [4.78, 5) is 16.5. The fraction of sp³-hybridized carbons (Fsp3) is 0.143. The summed E-state index contributed by atoms with van der Waals surface area (Å²) in [6.45, 7) is 2.64. The molecule has 1 heterocycles. The number of hydrogen-bond acceptors (Lipinski definition) is 4. The van der Waals surface area contributed by atoms with Gasteiger partial charge >= 0.3 is 0 Å². The molecule has 1 aromatic heterocycles. The first-order valence-electron chi connectivity index (χ1n) is 8.35. The lowest BCUT2D eigenvalue weighted by molar-refractivity contribution is 0.102. The average molecular weight is 347 g/mol. The topological polar surface area (TPSA) is 63.2 Å². The highest BCUT2D eigenvalue weighted by molar-refractivity contribution is 6.03. The molecule has 3 rings (SSSR count). The van der Waals surface area contributed by atoms with Crippen molar-refractivity contribution in [2.75, 3.05) is 17.7 Å². The summed E-state index contributed by atoms with van der Waals surface area (Å²) in [5.41, 5.74) is 3.69. The van der Waals surface area contributed by atoms with Gasteiger partial charge in [0.05, 0.1) is 19.0 Å². The first-order chi connectivity index (χ1) is 12.6. The number of methoxy groups -OCH3 is 1. The van der Waals surface area contributed by atoms with Crippen molar-refractivity contribution in [3.05, 3.63) is 83.6 Å². The minimum Gasteiger partial charge on any atom is -0.497 e. The summed E-state index contributed by atoms with van der Waals surface area (Å²) in [5.74, 6) is 1.19. The molecule has 0 bridgehead atoms. The minimum absolute atomic E-state index is 0.167. The van der Waals surface area contributed by atoms with Gasteiger partial charge in [0.1, 0.15) is 11.6 Å². The standard InChI is InChI=1S/C21H21N3O2/c1-15-4-3-5-17(12-15)21(25)24-20-11-8-18(14-23-20)22-13-16-6-9-19(26-2)10-7-16/h3-12,14,22H,13H2,1-2H3,(H,23,24,25). The van der Waals surface area contributed by atoms with E-state index in [1.54, 1.807) is 25.4 Å². The van der Waals surface area contributed by atoms with Gasteiger partial charge in [-0.25, -0.2) is 4.98 Å². The predicted octanol–water partition coefficient (Wildman–Crippen LogP) is 4.26. The maximum absolute atomic E-state index is 12.2. The molecule has 1 amide bonds. The van der Waals surface area contributed by atoms with Crippen molar-refractivity contribution in [1.82, 2.24) is 4.98 Å². The second-order valence-electron chi connectivity index (χ2n) is 5.96. The van der Waals surface area contributed by atoms with Crippen LogP contribution in [-0.2, 0) is 6.54 Å². The van der Waals surface area contributed by atoms with E-state index in [2.05, 4.69) is 15.6 Å². The van der Waals surface area contributed by atoms with E-state index in [1.165, 1.54) is 0 Å². The number of aromatic nitrogens is 1. The smallest absolute Gasteiger partial charge is 0.256 e. The molecule has 132 valence electrons. The molecule has 0 aliphatic heterocycles. The number of carbonyl (C=O) groups excluding carboxylic acids is 1. The molecule has 26 heavy (non-hydrogen) atoms. The second-order valence-corrected chi connectivity index (χ2v) is 5.96. The molecule has 0 spiro atoms. The Labute approximate surface area is 153 Å². The molecule has 2 aromatic carbocycles. The zero-order valence-corrected chi connectivity index (χ0v) is 14.8. The van der Waals surface area contributed by atoms with Crippen LogP contribution in [0.3, 0.4) is 0 Å². The summed E-state index contributed by atoms with van der Waals surface area (Å²) >= 11 is 0. The molecule has 0 unspecified atom stereocenters. The summed E-state index contributed by atoms with van der Waals surface area (Å²) in [5, 5.41) is 6.11. The third-order valence-corrected chi connectivity index (χ3v) is 3.94. The van der Waals surface area contributed by atoms with E-state index >= 15 is 0 Å². The number of anilines is 2. The van der Waals surface area contributed by atoms with Gasteiger partial charge < -0.3 is 15.4 Å². The van der Waals surface area contributed by atoms with Gasteiger partial charge in [0.15, 0.2) is 0 Å². The van der Waals surface area contributed by atoms with Crippen LogP contribution in [0.15, 0.2) is 66.9 Å². The van der Waals surface area contributed by atoms with E-state index in [4.69, 9.17) is 4.74 Å². The summed E-state index contributed by atoms with van der Waals surface area (Å²) in [6.07, 6.45) is 1.70. The lowest BCUT2D eigenvalue weighted by atomic mass is 10.1. The third kappa shape index (κ3) is 4.60. The van der Waals surface area contributed by atoms with Crippen LogP contribution in [0.4, 0.5) is 11.5 Å². The number of nitrogens with one attached hydrogen (secondary N) is 2. The molecule has 5 nitrogen and oxygen atoms in total. The van der Waals surface area contributed by atoms with Gasteiger partial charge in [0.25, 0.3) is 5.91 Å². The average Bonchev–Trinajstić information content (AvgIpc) is 2.68. The normalized spacial score (nSPS) is 10.2. The van der Waals surface area contributed by atoms with Crippen molar-refractivity contribution >= 4 is 17.4 Å². The number of pyridine rings is 1. The summed E-state index contributed by atoms with van der Waals surface area (Å²) < 4.78 is 5.15. The van der Waals surface area contributed by atoms with Gasteiger partial charge in [-0.05, 0) is 48.9 Å². The Morgan fingerprint density at radius 3 is 2.54 bits per heavy atom. The van der Waals surface area contributed by atoms with Crippen molar-refractivity contribution in [3.8, 4) is 5.75 Å². The molecule has 0 radical (unpaired) electrons. The van der Waals surface area contributed by atoms with E-state index in [1.807, 2.05) is 55.5 Å². The Bertz CT molecular complexity index is 875. The molecule has 2 N–H and O–H groups in total. The molecule has 3 aromatic rings. The van der Waals surface area contributed by atoms with Crippen molar-refractivity contribution in [1.29, 1.82) is 0 Å². The highest BCUT2D eigenvalue weighted by atomic mass is 16.5. The molecular weight excluding hydrogens is 326 g/mol. The molecule has 5 heteroatoms. The summed E-state index contributed by atoms with van der Waals surface area (Å²) in [7, 11) is 1.65. The summed E-state index contributed by atoms with van der Waals surface area (Å²) in [6, 6.07) is 19.0. The van der Waals surface area contributed by atoms with Gasteiger partial charge in [0.2, 0.25) is 0 Å². The number of hydrogen-bond donors (Lipinski definition) is 2. The Morgan fingerprint density at radius 1 is 1.08 bits per heavy atom. The van der Waals surface area contributed by atoms with E-state index in [9.17, 15) is 4.79 Å². The molecule has 0 saturated carbocycles.